The molecule has 6 rings (SSSR count). The van der Waals surface area contributed by atoms with Gasteiger partial charge in [-0.3, -0.25) is 14.5 Å². The van der Waals surface area contributed by atoms with Gasteiger partial charge in [0.25, 0.3) is 0 Å². The Morgan fingerprint density at radius 2 is 1.54 bits per heavy atom. The molecule has 4 bridgehead atoms. The van der Waals surface area contributed by atoms with Crippen molar-refractivity contribution >= 4 is 11.8 Å². The molecule has 6 aliphatic rings. The van der Waals surface area contributed by atoms with Gasteiger partial charge in [-0.25, -0.2) is 0 Å². The number of carbonyl (C=O) groups is 2. The molecular formula is C23H37N3O2. The first-order valence-electron chi connectivity index (χ1n) is 11.9. The third-order valence-electron chi connectivity index (χ3n) is 8.75. The third-order valence-corrected chi connectivity index (χ3v) is 8.75. The van der Waals surface area contributed by atoms with Gasteiger partial charge in [-0.2, -0.15) is 0 Å². The molecule has 1 N–H and O–H groups in total. The van der Waals surface area contributed by atoms with Crippen LogP contribution in [0.15, 0.2) is 0 Å². The summed E-state index contributed by atoms with van der Waals surface area (Å²) in [6.45, 7) is 5.54. The third kappa shape index (κ3) is 3.59. The maximum atomic E-state index is 13.2. The predicted octanol–water partition coefficient (Wildman–Crippen LogP) is 2.65. The number of nitrogens with one attached hydrogen (secondary N) is 1. The lowest BCUT2D eigenvalue weighted by Crippen LogP contribution is -2.58. The average Bonchev–Trinajstić information content (AvgIpc) is 3.12. The van der Waals surface area contributed by atoms with Crippen molar-refractivity contribution in [3.05, 3.63) is 0 Å². The molecule has 2 heterocycles. The number of piperidine rings is 1. The van der Waals surface area contributed by atoms with Gasteiger partial charge in [-0.05, 0) is 93.9 Å². The van der Waals surface area contributed by atoms with Crippen LogP contribution in [0.5, 0.6) is 0 Å². The molecule has 6 fully saturated rings. The molecular weight excluding hydrogens is 350 g/mol. The van der Waals surface area contributed by atoms with Crippen molar-refractivity contribution in [2.75, 3.05) is 26.2 Å². The summed E-state index contributed by atoms with van der Waals surface area (Å²) in [7, 11) is 0. The fraction of sp³-hybridized carbons (Fsp3) is 0.913. The molecule has 156 valence electrons. The molecule has 0 radical (unpaired) electrons. The summed E-state index contributed by atoms with van der Waals surface area (Å²) >= 11 is 0. The molecule has 0 aromatic carbocycles. The van der Waals surface area contributed by atoms with Crippen molar-refractivity contribution in [1.29, 1.82) is 0 Å². The van der Waals surface area contributed by atoms with Gasteiger partial charge in [0.15, 0.2) is 0 Å². The molecule has 4 aliphatic carbocycles. The normalized spacial score (nSPS) is 40.8. The summed E-state index contributed by atoms with van der Waals surface area (Å²) in [5.74, 6) is 4.57. The molecule has 4 saturated carbocycles. The van der Waals surface area contributed by atoms with Gasteiger partial charge in [0, 0.05) is 32.6 Å². The molecule has 0 aromatic heterocycles. The Morgan fingerprint density at radius 1 is 0.893 bits per heavy atom. The van der Waals surface area contributed by atoms with Crippen molar-refractivity contribution in [1.82, 2.24) is 15.1 Å². The van der Waals surface area contributed by atoms with E-state index < -0.39 is 0 Å². The number of likely N-dealkylation sites (tertiary alicyclic amines) is 2. The monoisotopic (exact) mass is 387 g/mol. The number of nitrogens with zero attached hydrogens (tertiary/aromatic N) is 2. The van der Waals surface area contributed by atoms with Crippen molar-refractivity contribution < 1.29 is 9.59 Å². The van der Waals surface area contributed by atoms with Crippen LogP contribution in [0.3, 0.4) is 0 Å². The Hall–Kier alpha value is -1.10. The molecule has 5 heteroatoms. The summed E-state index contributed by atoms with van der Waals surface area (Å²) in [4.78, 5) is 29.2. The van der Waals surface area contributed by atoms with E-state index in [9.17, 15) is 9.59 Å². The lowest BCUT2D eigenvalue weighted by Gasteiger charge is -2.54. The zero-order valence-corrected chi connectivity index (χ0v) is 17.4. The quantitative estimate of drug-likeness (QED) is 0.807. The molecule has 0 aromatic rings. The first kappa shape index (κ1) is 18.9. The highest BCUT2D eigenvalue weighted by Gasteiger charge is 2.49. The minimum absolute atomic E-state index is 0.0861. The van der Waals surface area contributed by atoms with Crippen LogP contribution in [0.4, 0.5) is 0 Å². The van der Waals surface area contributed by atoms with Crippen molar-refractivity contribution in [3.8, 4) is 0 Å². The van der Waals surface area contributed by atoms with Crippen molar-refractivity contribution in [2.24, 2.45) is 29.6 Å². The van der Waals surface area contributed by atoms with Crippen LogP contribution >= 0.6 is 0 Å². The fourth-order valence-corrected chi connectivity index (χ4v) is 7.52. The van der Waals surface area contributed by atoms with E-state index in [-0.39, 0.29) is 11.9 Å². The summed E-state index contributed by atoms with van der Waals surface area (Å²) in [6, 6.07) is 0.546. The van der Waals surface area contributed by atoms with E-state index in [0.29, 0.717) is 17.9 Å². The van der Waals surface area contributed by atoms with Gasteiger partial charge < -0.3 is 10.2 Å². The largest absolute Gasteiger partial charge is 0.351 e. The van der Waals surface area contributed by atoms with Crippen LogP contribution in [0.1, 0.15) is 64.7 Å². The number of hydrogen-bond acceptors (Lipinski definition) is 3. The Labute approximate surface area is 169 Å². The van der Waals surface area contributed by atoms with Gasteiger partial charge >= 0.3 is 0 Å². The van der Waals surface area contributed by atoms with E-state index in [1.807, 2.05) is 4.90 Å². The van der Waals surface area contributed by atoms with Crippen LogP contribution < -0.4 is 5.32 Å². The standard InChI is InChI=1S/C23H37N3O2/c1-15(27)25-7-4-16(5-8-25)14-26-6-2-3-21(26)23(28)24-22-19-10-17-9-18(12-19)13-20(22)11-17/h16-22H,2-14H2,1H3,(H,24,28). The summed E-state index contributed by atoms with van der Waals surface area (Å²) < 4.78 is 0. The Morgan fingerprint density at radius 3 is 2.14 bits per heavy atom. The highest BCUT2D eigenvalue weighted by atomic mass is 16.2. The van der Waals surface area contributed by atoms with Crippen LogP contribution in [-0.4, -0.2) is 59.9 Å². The van der Waals surface area contributed by atoms with Gasteiger partial charge in [-0.1, -0.05) is 0 Å². The van der Waals surface area contributed by atoms with Crippen LogP contribution in [-0.2, 0) is 9.59 Å². The van der Waals surface area contributed by atoms with Gasteiger partial charge in [0.2, 0.25) is 11.8 Å². The molecule has 5 nitrogen and oxygen atoms in total. The minimum Gasteiger partial charge on any atom is -0.351 e. The smallest absolute Gasteiger partial charge is 0.237 e. The van der Waals surface area contributed by atoms with Gasteiger partial charge in [0.1, 0.15) is 0 Å². The first-order chi connectivity index (χ1) is 13.6. The highest BCUT2D eigenvalue weighted by Crippen LogP contribution is 2.53. The average molecular weight is 388 g/mol. The zero-order valence-electron chi connectivity index (χ0n) is 17.4. The van der Waals surface area contributed by atoms with Crippen LogP contribution in [0.25, 0.3) is 0 Å². The second kappa shape index (κ2) is 7.62. The molecule has 2 saturated heterocycles. The van der Waals surface area contributed by atoms with Crippen LogP contribution in [0.2, 0.25) is 0 Å². The van der Waals surface area contributed by atoms with Crippen molar-refractivity contribution in [2.45, 2.75) is 76.8 Å². The molecule has 2 aliphatic heterocycles. The molecule has 0 spiro atoms. The summed E-state index contributed by atoms with van der Waals surface area (Å²) in [5.41, 5.74) is 0. The van der Waals surface area contributed by atoms with E-state index in [1.165, 1.54) is 32.1 Å². The Kier molecular flexibility index (Phi) is 5.14. The van der Waals surface area contributed by atoms with E-state index in [4.69, 9.17) is 0 Å². The topological polar surface area (TPSA) is 52.7 Å². The fourth-order valence-electron chi connectivity index (χ4n) is 7.52. The number of amides is 2. The molecule has 1 unspecified atom stereocenters. The first-order valence-corrected chi connectivity index (χ1v) is 11.9. The van der Waals surface area contributed by atoms with E-state index in [1.54, 1.807) is 6.92 Å². The minimum atomic E-state index is 0.0861. The number of carbonyl (C=O) groups excluding carboxylic acids is 2. The van der Waals surface area contributed by atoms with E-state index in [2.05, 4.69) is 10.2 Å². The maximum absolute atomic E-state index is 13.2. The number of hydrogen-bond donors (Lipinski definition) is 1. The Bertz CT molecular complexity index is 585. The highest BCUT2D eigenvalue weighted by molar-refractivity contribution is 5.82. The van der Waals surface area contributed by atoms with Crippen molar-refractivity contribution in [3.63, 3.8) is 0 Å². The van der Waals surface area contributed by atoms with Crippen LogP contribution in [0, 0.1) is 29.6 Å². The zero-order chi connectivity index (χ0) is 19.3. The molecule has 2 amide bonds. The van der Waals surface area contributed by atoms with E-state index in [0.717, 1.165) is 75.5 Å². The lowest BCUT2D eigenvalue weighted by atomic mass is 9.54. The van der Waals surface area contributed by atoms with Gasteiger partial charge in [-0.15, -0.1) is 0 Å². The predicted molar refractivity (Wildman–Crippen MR) is 109 cm³/mol. The summed E-state index contributed by atoms with van der Waals surface area (Å²) in [5, 5.41) is 3.56. The lowest BCUT2D eigenvalue weighted by molar-refractivity contribution is -0.130. The number of rotatable bonds is 4. The SMILES string of the molecule is CC(=O)N1CCC(CN2CCCC2C(=O)NC2C3CC4CC(C3)CC2C4)CC1. The van der Waals surface area contributed by atoms with Gasteiger partial charge in [0.05, 0.1) is 6.04 Å². The second-order valence-electron chi connectivity index (χ2n) is 10.6. The maximum Gasteiger partial charge on any atom is 0.237 e. The summed E-state index contributed by atoms with van der Waals surface area (Å²) in [6.07, 6.45) is 11.2. The molecule has 1 atom stereocenters. The molecule has 28 heavy (non-hydrogen) atoms. The second-order valence-corrected chi connectivity index (χ2v) is 10.6. The Balaban J connectivity index is 1.16. The van der Waals surface area contributed by atoms with E-state index >= 15 is 0 Å².